The largest absolute Gasteiger partial charge is 0.324 e. The van der Waals surface area contributed by atoms with Crippen LogP contribution in [-0.4, -0.2) is 6.10 Å². The van der Waals surface area contributed by atoms with Gasteiger partial charge in [-0.15, -0.1) is 0 Å². The lowest BCUT2D eigenvalue weighted by atomic mass is 10.3. The van der Waals surface area contributed by atoms with Gasteiger partial charge < -0.3 is 4.52 Å². The minimum absolute atomic E-state index is 0.237. The predicted octanol–water partition coefficient (Wildman–Crippen LogP) is 3.65. The molecule has 0 saturated heterocycles. The van der Waals surface area contributed by atoms with Gasteiger partial charge in [0.05, 0.1) is 6.10 Å². The van der Waals surface area contributed by atoms with Crippen molar-refractivity contribution < 1.29 is 4.52 Å². The molecule has 0 amide bonds. The van der Waals surface area contributed by atoms with E-state index in [-0.39, 0.29) is 6.10 Å². The second-order valence-corrected chi connectivity index (χ2v) is 9.59. The monoisotopic (exact) mass is 218 g/mol. The van der Waals surface area contributed by atoms with E-state index >= 15 is 0 Å². The van der Waals surface area contributed by atoms with Crippen LogP contribution in [0.2, 0.25) is 0 Å². The first-order valence-corrected chi connectivity index (χ1v) is 7.79. The Labute approximate surface area is 75.7 Å². The fourth-order valence-corrected chi connectivity index (χ4v) is 2.77. The summed E-state index contributed by atoms with van der Waals surface area (Å²) in [5.74, 6) is 0. The van der Waals surface area contributed by atoms with Crippen molar-refractivity contribution in [3.8, 4) is 0 Å². The topological polar surface area (TPSA) is 9.23 Å². The molecular formula is C5H9Cl2OPS. The molecule has 0 unspecified atom stereocenters. The zero-order valence-corrected chi connectivity index (χ0v) is 8.65. The Kier molecular flexibility index (Phi) is 3.46. The maximum atomic E-state index is 5.58. The summed E-state index contributed by atoms with van der Waals surface area (Å²) in [5.41, 5.74) is 0. The highest BCUT2D eigenvalue weighted by Gasteiger charge is 2.21. The molecular weight excluding hydrogens is 210 g/mol. The SMILES string of the molecule is S=P(Cl)(Cl)OC1CCCC1. The summed E-state index contributed by atoms with van der Waals surface area (Å²) < 4.78 is 5.26. The Morgan fingerprint density at radius 3 is 2.20 bits per heavy atom. The van der Waals surface area contributed by atoms with Gasteiger partial charge in [-0.1, -0.05) is 12.8 Å². The minimum Gasteiger partial charge on any atom is -0.324 e. The molecule has 0 aliphatic heterocycles. The first-order chi connectivity index (χ1) is 4.58. The number of hydrogen-bond donors (Lipinski definition) is 0. The molecule has 0 N–H and O–H groups in total. The van der Waals surface area contributed by atoms with Crippen LogP contribution >= 0.6 is 27.5 Å². The maximum Gasteiger partial charge on any atom is 0.240 e. The van der Waals surface area contributed by atoms with E-state index < -0.39 is 4.97 Å². The van der Waals surface area contributed by atoms with Gasteiger partial charge in [-0.2, -0.15) is 0 Å². The zero-order chi connectivity index (χ0) is 7.61. The quantitative estimate of drug-likeness (QED) is 0.655. The predicted molar refractivity (Wildman–Crippen MR) is 49.3 cm³/mol. The van der Waals surface area contributed by atoms with Crippen LogP contribution in [0.5, 0.6) is 0 Å². The van der Waals surface area contributed by atoms with Gasteiger partial charge in [-0.25, -0.2) is 0 Å². The van der Waals surface area contributed by atoms with Crippen LogP contribution in [0.3, 0.4) is 0 Å². The first kappa shape index (κ1) is 9.28. The Bertz CT molecular complexity index is 152. The van der Waals surface area contributed by atoms with Crippen LogP contribution < -0.4 is 0 Å². The van der Waals surface area contributed by atoms with Gasteiger partial charge in [0.1, 0.15) is 0 Å². The van der Waals surface area contributed by atoms with Gasteiger partial charge in [0, 0.05) is 0 Å². The number of halogens is 2. The van der Waals surface area contributed by atoms with E-state index in [4.69, 9.17) is 38.8 Å². The molecule has 0 spiro atoms. The standard InChI is InChI=1S/C5H9Cl2OPS/c6-9(7,10)8-5-3-1-2-4-5/h5H,1-4H2. The average Bonchev–Trinajstić information content (AvgIpc) is 2.12. The van der Waals surface area contributed by atoms with Crippen molar-refractivity contribution in [2.75, 3.05) is 0 Å². The molecule has 1 rings (SSSR count). The van der Waals surface area contributed by atoms with E-state index in [0.717, 1.165) is 12.8 Å². The summed E-state index contributed by atoms with van der Waals surface area (Å²) in [5, 5.41) is 0. The third-order valence-corrected chi connectivity index (χ3v) is 2.85. The normalized spacial score (nSPS) is 21.8. The zero-order valence-electron chi connectivity index (χ0n) is 5.43. The van der Waals surface area contributed by atoms with Crippen molar-refractivity contribution in [2.45, 2.75) is 31.8 Å². The molecule has 0 aromatic rings. The molecule has 1 fully saturated rings. The molecule has 60 valence electrons. The van der Waals surface area contributed by atoms with Crippen molar-refractivity contribution in [1.82, 2.24) is 0 Å². The average molecular weight is 219 g/mol. The molecule has 0 atom stereocenters. The van der Waals surface area contributed by atoms with E-state index in [1.165, 1.54) is 12.8 Å². The van der Waals surface area contributed by atoms with Crippen molar-refractivity contribution in [3.05, 3.63) is 0 Å². The lowest BCUT2D eigenvalue weighted by Gasteiger charge is -2.12. The van der Waals surface area contributed by atoms with Crippen molar-refractivity contribution in [3.63, 3.8) is 0 Å². The summed E-state index contributed by atoms with van der Waals surface area (Å²) in [4.78, 5) is -2.44. The van der Waals surface area contributed by atoms with Gasteiger partial charge in [-0.05, 0) is 47.1 Å². The third-order valence-electron chi connectivity index (χ3n) is 1.57. The van der Waals surface area contributed by atoms with Crippen LogP contribution in [0.25, 0.3) is 0 Å². The molecule has 0 aromatic heterocycles. The lowest BCUT2D eigenvalue weighted by Crippen LogP contribution is -2.01. The highest BCUT2D eigenvalue weighted by molar-refractivity contribution is 8.36. The van der Waals surface area contributed by atoms with Crippen molar-refractivity contribution in [1.29, 1.82) is 0 Å². The molecule has 0 aromatic carbocycles. The van der Waals surface area contributed by atoms with Crippen LogP contribution in [0.15, 0.2) is 0 Å². The Morgan fingerprint density at radius 2 is 1.80 bits per heavy atom. The van der Waals surface area contributed by atoms with E-state index in [9.17, 15) is 0 Å². The van der Waals surface area contributed by atoms with Gasteiger partial charge in [0.25, 0.3) is 0 Å². The molecule has 1 saturated carbocycles. The highest BCUT2D eigenvalue weighted by Crippen LogP contribution is 2.60. The molecule has 5 heteroatoms. The van der Waals surface area contributed by atoms with Gasteiger partial charge in [0.2, 0.25) is 4.97 Å². The highest BCUT2D eigenvalue weighted by atomic mass is 35.9. The van der Waals surface area contributed by atoms with E-state index in [1.807, 2.05) is 0 Å². The fourth-order valence-electron chi connectivity index (χ4n) is 1.17. The van der Waals surface area contributed by atoms with Gasteiger partial charge in [0.15, 0.2) is 0 Å². The van der Waals surface area contributed by atoms with Crippen molar-refractivity contribution in [2.24, 2.45) is 0 Å². The summed E-state index contributed by atoms with van der Waals surface area (Å²) in [6.07, 6.45) is 4.80. The van der Waals surface area contributed by atoms with Gasteiger partial charge >= 0.3 is 0 Å². The molecule has 10 heavy (non-hydrogen) atoms. The smallest absolute Gasteiger partial charge is 0.240 e. The van der Waals surface area contributed by atoms with Crippen molar-refractivity contribution >= 4 is 39.3 Å². The molecule has 1 nitrogen and oxygen atoms in total. The summed E-state index contributed by atoms with van der Waals surface area (Å²) in [6, 6.07) is 0. The van der Waals surface area contributed by atoms with Crippen LogP contribution in [0.4, 0.5) is 0 Å². The third kappa shape index (κ3) is 3.54. The molecule has 0 radical (unpaired) electrons. The van der Waals surface area contributed by atoms with Crippen LogP contribution in [0.1, 0.15) is 25.7 Å². The van der Waals surface area contributed by atoms with Gasteiger partial charge in [-0.3, -0.25) is 0 Å². The Balaban J connectivity index is 2.31. The number of rotatable bonds is 2. The van der Waals surface area contributed by atoms with E-state index in [1.54, 1.807) is 0 Å². The summed E-state index contributed by atoms with van der Waals surface area (Å²) >= 11 is 15.9. The maximum absolute atomic E-state index is 5.58. The first-order valence-electron chi connectivity index (χ1n) is 3.26. The minimum atomic E-state index is -2.44. The van der Waals surface area contributed by atoms with Crippen LogP contribution in [0, 0.1) is 0 Å². The van der Waals surface area contributed by atoms with E-state index in [2.05, 4.69) is 0 Å². The van der Waals surface area contributed by atoms with E-state index in [0.29, 0.717) is 0 Å². The fraction of sp³-hybridized carbons (Fsp3) is 1.00. The second kappa shape index (κ2) is 3.73. The molecule has 0 bridgehead atoms. The number of hydrogen-bond acceptors (Lipinski definition) is 2. The second-order valence-electron chi connectivity index (χ2n) is 2.43. The van der Waals surface area contributed by atoms with Crippen LogP contribution in [-0.2, 0) is 16.3 Å². The molecule has 1 aliphatic carbocycles. The summed E-state index contributed by atoms with van der Waals surface area (Å²) in [7, 11) is 0. The molecule has 0 heterocycles. The summed E-state index contributed by atoms with van der Waals surface area (Å²) in [6.45, 7) is 0. The molecule has 1 aliphatic rings. The lowest BCUT2D eigenvalue weighted by molar-refractivity contribution is 0.243. The Morgan fingerprint density at radius 1 is 1.30 bits per heavy atom. The Hall–Kier alpha value is 1.19.